The number of hydrogen-bond donors (Lipinski definition) is 1. The molecule has 3 atom stereocenters. The van der Waals surface area contributed by atoms with E-state index in [2.05, 4.69) is 10.2 Å². The van der Waals surface area contributed by atoms with Crippen LogP contribution in [0.1, 0.15) is 36.5 Å². The number of anilines is 1. The second-order valence-corrected chi connectivity index (χ2v) is 12.0. The lowest BCUT2D eigenvalue weighted by molar-refractivity contribution is -0.646. The molecule has 13 heteroatoms. The molecule has 4 heterocycles. The molecule has 2 amide bonds. The van der Waals surface area contributed by atoms with E-state index in [1.807, 2.05) is 19.1 Å². The first kappa shape index (κ1) is 28.0. The number of amides is 2. The Morgan fingerprint density at radius 3 is 2.52 bits per heavy atom. The van der Waals surface area contributed by atoms with Crippen LogP contribution in [0.25, 0.3) is 0 Å². The predicted octanol–water partition coefficient (Wildman–Crippen LogP) is 0.298. The van der Waals surface area contributed by atoms with Gasteiger partial charge in [-0.15, -0.1) is 0 Å². The van der Waals surface area contributed by atoms with Gasteiger partial charge in [0, 0.05) is 43.0 Å². The molecule has 12 nitrogen and oxygen atoms in total. The second kappa shape index (κ2) is 11.5. The van der Waals surface area contributed by atoms with Crippen molar-refractivity contribution in [3.05, 3.63) is 59.4 Å². The van der Waals surface area contributed by atoms with Crippen LogP contribution in [-0.4, -0.2) is 92.7 Å². The van der Waals surface area contributed by atoms with Gasteiger partial charge in [-0.3, -0.25) is 14.4 Å². The number of ketones is 1. The fraction of sp³-hybridized carbons (Fsp3) is 0.481. The molecular formula is C27H33N5O7S. The Morgan fingerprint density at radius 2 is 1.85 bits per heavy atom. The Balaban J connectivity index is 1.29. The van der Waals surface area contributed by atoms with Gasteiger partial charge in [-0.25, -0.2) is 8.42 Å². The van der Waals surface area contributed by atoms with E-state index in [0.717, 1.165) is 29.3 Å². The average Bonchev–Trinajstić information content (AvgIpc) is 3.54. The Kier molecular flexibility index (Phi) is 8.06. The fourth-order valence-corrected chi connectivity index (χ4v) is 7.36. The highest BCUT2D eigenvalue weighted by Crippen LogP contribution is 2.34. The number of rotatable bonds is 8. The van der Waals surface area contributed by atoms with Crippen LogP contribution in [0.15, 0.2) is 53.7 Å². The predicted molar refractivity (Wildman–Crippen MR) is 144 cm³/mol. The quantitative estimate of drug-likeness (QED) is 0.352. The molecule has 0 saturated carbocycles. The van der Waals surface area contributed by atoms with Gasteiger partial charge in [0.2, 0.25) is 5.91 Å². The Bertz CT molecular complexity index is 1380. The van der Waals surface area contributed by atoms with Crippen molar-refractivity contribution in [2.24, 2.45) is 0 Å². The minimum atomic E-state index is -4.26. The summed E-state index contributed by atoms with van der Waals surface area (Å²) in [6.07, 6.45) is 2.31. The zero-order chi connectivity index (χ0) is 28.4. The average molecular weight is 572 g/mol. The van der Waals surface area contributed by atoms with Gasteiger partial charge in [0.05, 0.1) is 25.8 Å². The van der Waals surface area contributed by atoms with E-state index in [4.69, 9.17) is 4.74 Å². The number of nitrogens with one attached hydrogen (secondary N) is 1. The summed E-state index contributed by atoms with van der Waals surface area (Å²) in [5.74, 6) is -1.23. The summed E-state index contributed by atoms with van der Waals surface area (Å²) < 4.78 is 33.2. The van der Waals surface area contributed by atoms with Crippen LogP contribution >= 0.6 is 0 Å². The minimum Gasteiger partial charge on any atom is -0.618 e. The second-order valence-electron chi connectivity index (χ2n) is 10.2. The molecule has 3 saturated heterocycles. The molecule has 0 radical (unpaired) electrons. The van der Waals surface area contributed by atoms with Crippen LogP contribution in [0.4, 0.5) is 5.69 Å². The van der Waals surface area contributed by atoms with Crippen LogP contribution in [0.3, 0.4) is 0 Å². The lowest BCUT2D eigenvalue weighted by Crippen LogP contribution is -2.52. The van der Waals surface area contributed by atoms with Gasteiger partial charge in [-0.1, -0.05) is 13.3 Å². The van der Waals surface area contributed by atoms with E-state index in [1.165, 1.54) is 23.1 Å². The number of morpholine rings is 1. The molecule has 2 aromatic rings. The normalized spacial score (nSPS) is 22.3. The molecule has 0 spiro atoms. The molecule has 40 heavy (non-hydrogen) atoms. The summed E-state index contributed by atoms with van der Waals surface area (Å²) in [5.41, 5.74) is 1.40. The number of Topliss-reactive ketones (excluding diaryl/α,β-unsaturated/α-hetero) is 1. The van der Waals surface area contributed by atoms with E-state index in [0.29, 0.717) is 31.6 Å². The summed E-state index contributed by atoms with van der Waals surface area (Å²) >= 11 is 0. The van der Waals surface area contributed by atoms with Crippen molar-refractivity contribution >= 4 is 33.3 Å². The first-order chi connectivity index (χ1) is 19.2. The molecule has 1 aromatic carbocycles. The van der Waals surface area contributed by atoms with E-state index in [9.17, 15) is 28.0 Å². The van der Waals surface area contributed by atoms with Crippen molar-refractivity contribution in [2.45, 2.75) is 49.3 Å². The molecule has 1 N–H and O–H groups in total. The molecule has 0 aliphatic carbocycles. The van der Waals surface area contributed by atoms with Crippen LogP contribution < -0.4 is 14.9 Å². The highest BCUT2D eigenvalue weighted by atomic mass is 32.2. The van der Waals surface area contributed by atoms with Gasteiger partial charge >= 0.3 is 15.0 Å². The first-order valence-electron chi connectivity index (χ1n) is 13.5. The van der Waals surface area contributed by atoms with Crippen molar-refractivity contribution in [3.8, 4) is 0 Å². The third-order valence-corrected chi connectivity index (χ3v) is 9.57. The molecule has 0 bridgehead atoms. The molecule has 3 aliphatic rings. The van der Waals surface area contributed by atoms with Gasteiger partial charge in [0.1, 0.15) is 12.1 Å². The Hall–Kier alpha value is -3.55. The topological polar surface area (TPSA) is 143 Å². The number of sulfonamides is 1. The number of carbonyl (C=O) groups is 3. The van der Waals surface area contributed by atoms with Crippen LogP contribution in [0, 0.1) is 5.21 Å². The van der Waals surface area contributed by atoms with E-state index < -0.39 is 57.3 Å². The number of carbonyl (C=O) groups excluding carboxylic acids is 3. The zero-order valence-electron chi connectivity index (χ0n) is 22.3. The van der Waals surface area contributed by atoms with E-state index in [1.54, 1.807) is 12.1 Å². The third kappa shape index (κ3) is 5.28. The smallest absolute Gasteiger partial charge is 0.323 e. The van der Waals surface area contributed by atoms with Crippen molar-refractivity contribution < 1.29 is 32.3 Å². The SMILES string of the molecule is CCCC(NC(=O)c1ccc(N2CCOCC2)cc1)C(=O)N1CCC2C1C(=O)CN2S(=O)(=O)c1cccc[n+]1[O-]. The van der Waals surface area contributed by atoms with E-state index >= 15 is 0 Å². The largest absolute Gasteiger partial charge is 0.618 e. The monoisotopic (exact) mass is 571 g/mol. The van der Waals surface area contributed by atoms with Gasteiger partial charge < -0.3 is 25.1 Å². The maximum absolute atomic E-state index is 13.6. The van der Waals surface area contributed by atoms with Crippen LogP contribution in [-0.2, 0) is 24.3 Å². The number of likely N-dealkylation sites (tertiary alicyclic amines) is 1. The first-order valence-corrected chi connectivity index (χ1v) is 14.9. The zero-order valence-corrected chi connectivity index (χ0v) is 23.1. The van der Waals surface area contributed by atoms with Gasteiger partial charge in [0.25, 0.3) is 5.91 Å². The van der Waals surface area contributed by atoms with Crippen LogP contribution in [0.5, 0.6) is 0 Å². The lowest BCUT2D eigenvalue weighted by atomic mass is 10.1. The molecule has 3 unspecified atom stereocenters. The lowest BCUT2D eigenvalue weighted by Gasteiger charge is -2.29. The number of pyridine rings is 1. The summed E-state index contributed by atoms with van der Waals surface area (Å²) in [4.78, 5) is 43.4. The molecule has 1 aromatic heterocycles. The van der Waals surface area contributed by atoms with E-state index in [-0.39, 0.29) is 17.7 Å². The Labute approximate surface area is 233 Å². The number of benzene rings is 1. The highest BCUT2D eigenvalue weighted by Gasteiger charge is 2.55. The molecule has 3 fully saturated rings. The minimum absolute atomic E-state index is 0.169. The van der Waals surface area contributed by atoms with Crippen molar-refractivity contribution in [1.82, 2.24) is 14.5 Å². The molecule has 3 aliphatic heterocycles. The number of nitrogens with zero attached hydrogens (tertiary/aromatic N) is 4. The number of fused-ring (bicyclic) bond motifs is 1. The van der Waals surface area contributed by atoms with Gasteiger partial charge in [-0.05, 0) is 43.2 Å². The third-order valence-electron chi connectivity index (χ3n) is 7.71. The number of aromatic nitrogens is 1. The maximum Gasteiger partial charge on any atom is 0.323 e. The number of ether oxygens (including phenoxy) is 1. The summed E-state index contributed by atoms with van der Waals surface area (Å²) in [7, 11) is -4.26. The van der Waals surface area contributed by atoms with Crippen LogP contribution in [0.2, 0.25) is 0 Å². The Morgan fingerprint density at radius 1 is 1.12 bits per heavy atom. The molecule has 5 rings (SSSR count). The molecule has 214 valence electrons. The standard InChI is InChI=1S/C27H33N5O7S/c1-2-5-21(28-26(34)19-7-9-20(10-8-19)29-14-16-39-17-15-29)27(35)30-13-11-22-25(30)23(33)18-32(22)40(37,38)24-6-3-4-12-31(24)36/h3-4,6-10,12,21-22,25H,2,5,11,13-18H2,1H3,(H,28,34). The van der Waals surface area contributed by atoms with Crippen molar-refractivity contribution in [1.29, 1.82) is 0 Å². The summed E-state index contributed by atoms with van der Waals surface area (Å²) in [6, 6.07) is 8.62. The van der Waals surface area contributed by atoms with Gasteiger partial charge in [-0.2, -0.15) is 9.04 Å². The maximum atomic E-state index is 13.6. The van der Waals surface area contributed by atoms with Gasteiger partial charge in [0.15, 0.2) is 12.0 Å². The van der Waals surface area contributed by atoms with Crippen molar-refractivity contribution in [2.75, 3.05) is 44.3 Å². The molecular weight excluding hydrogens is 538 g/mol. The fourth-order valence-electron chi connectivity index (χ4n) is 5.71. The summed E-state index contributed by atoms with van der Waals surface area (Å²) in [6.45, 7) is 4.49. The summed E-state index contributed by atoms with van der Waals surface area (Å²) in [5, 5.41) is 14.5. The van der Waals surface area contributed by atoms with Crippen molar-refractivity contribution in [3.63, 3.8) is 0 Å². The number of hydrogen-bond acceptors (Lipinski definition) is 8. The highest BCUT2D eigenvalue weighted by molar-refractivity contribution is 7.89.